The van der Waals surface area contributed by atoms with Gasteiger partial charge in [0.25, 0.3) is 5.91 Å². The van der Waals surface area contributed by atoms with Crippen LogP contribution >= 0.6 is 23.2 Å². The van der Waals surface area contributed by atoms with E-state index in [4.69, 9.17) is 33.0 Å². The van der Waals surface area contributed by atoms with Crippen LogP contribution in [0.25, 0.3) is 16.9 Å². The fourth-order valence-corrected chi connectivity index (χ4v) is 5.31. The summed E-state index contributed by atoms with van der Waals surface area (Å²) >= 11 is 12.8. The van der Waals surface area contributed by atoms with Crippen LogP contribution in [-0.2, 0) is 6.42 Å². The molecule has 2 aromatic heterocycles. The van der Waals surface area contributed by atoms with Crippen LogP contribution in [0, 0.1) is 5.82 Å². The number of aromatic amines is 1. The number of amides is 1. The van der Waals surface area contributed by atoms with Crippen molar-refractivity contribution in [1.82, 2.24) is 35.3 Å². The molecule has 1 fully saturated rings. The Hall–Kier alpha value is -4.28. The van der Waals surface area contributed by atoms with E-state index in [-0.39, 0.29) is 29.9 Å². The van der Waals surface area contributed by atoms with Crippen LogP contribution in [-0.4, -0.2) is 60.4 Å². The number of H-pyrrole nitrogens is 1. The molecular weight excluding hydrogens is 568 g/mol. The van der Waals surface area contributed by atoms with E-state index < -0.39 is 0 Å². The maximum absolute atomic E-state index is 14.1. The van der Waals surface area contributed by atoms with Gasteiger partial charge in [-0.2, -0.15) is 10.3 Å². The summed E-state index contributed by atoms with van der Waals surface area (Å²) in [5.41, 5.74) is 2.99. The first-order chi connectivity index (χ1) is 20.0. The lowest BCUT2D eigenvalue weighted by atomic mass is 10.0. The number of likely N-dealkylation sites (tertiary alicyclic amines) is 1. The summed E-state index contributed by atoms with van der Waals surface area (Å²) < 4.78 is 21.3. The third kappa shape index (κ3) is 5.79. The lowest BCUT2D eigenvalue weighted by Gasteiger charge is -2.32. The zero-order valence-corrected chi connectivity index (χ0v) is 23.2. The number of hydrogen-bond donors (Lipinski definition) is 1. The molecule has 0 bridgehead atoms. The first-order valence-corrected chi connectivity index (χ1v) is 13.8. The van der Waals surface area contributed by atoms with Crippen molar-refractivity contribution in [2.75, 3.05) is 13.1 Å². The smallest absolute Gasteiger partial charge is 0.274 e. The molecule has 0 aliphatic carbocycles. The number of rotatable bonds is 7. The van der Waals surface area contributed by atoms with E-state index in [0.29, 0.717) is 64.5 Å². The van der Waals surface area contributed by atoms with Crippen molar-refractivity contribution in [3.8, 4) is 22.7 Å². The van der Waals surface area contributed by atoms with Gasteiger partial charge < -0.3 is 9.64 Å². The fourth-order valence-electron chi connectivity index (χ4n) is 4.97. The summed E-state index contributed by atoms with van der Waals surface area (Å²) in [6.07, 6.45) is 1.26. The minimum absolute atomic E-state index is 0.134. The van der Waals surface area contributed by atoms with E-state index in [9.17, 15) is 9.18 Å². The Kier molecular flexibility index (Phi) is 7.67. The number of piperidine rings is 1. The molecule has 1 amide bonds. The second-order valence-corrected chi connectivity index (χ2v) is 10.5. The van der Waals surface area contributed by atoms with Crippen LogP contribution in [0.4, 0.5) is 4.39 Å². The molecule has 1 saturated heterocycles. The molecule has 41 heavy (non-hydrogen) atoms. The quantitative estimate of drug-likeness (QED) is 0.258. The van der Waals surface area contributed by atoms with Crippen molar-refractivity contribution in [3.63, 3.8) is 0 Å². The molecule has 5 aromatic rings. The minimum atomic E-state index is -0.352. The van der Waals surface area contributed by atoms with E-state index in [1.807, 2.05) is 30.3 Å². The highest BCUT2D eigenvalue weighted by molar-refractivity contribution is 6.32. The molecule has 208 valence electrons. The molecule has 12 heteroatoms. The molecule has 0 unspecified atom stereocenters. The highest BCUT2D eigenvalue weighted by Gasteiger charge is 2.32. The van der Waals surface area contributed by atoms with Crippen molar-refractivity contribution in [2.24, 2.45) is 0 Å². The number of nitrogens with one attached hydrogen (secondary N) is 1. The Morgan fingerprint density at radius 3 is 2.51 bits per heavy atom. The number of nitrogens with zero attached hydrogens (tertiary/aromatic N) is 6. The van der Waals surface area contributed by atoms with Crippen LogP contribution in [0.5, 0.6) is 5.75 Å². The van der Waals surface area contributed by atoms with Crippen molar-refractivity contribution in [3.05, 3.63) is 106 Å². The van der Waals surface area contributed by atoms with Gasteiger partial charge >= 0.3 is 0 Å². The Bertz CT molecular complexity index is 1670. The number of para-hydroxylation sites is 1. The lowest BCUT2D eigenvalue weighted by Crippen LogP contribution is -2.42. The zero-order valence-electron chi connectivity index (χ0n) is 21.7. The van der Waals surface area contributed by atoms with Gasteiger partial charge in [-0.15, -0.1) is 10.2 Å². The lowest BCUT2D eigenvalue weighted by molar-refractivity contribution is 0.0588. The molecule has 0 radical (unpaired) electrons. The number of aromatic nitrogens is 6. The highest BCUT2D eigenvalue weighted by atomic mass is 35.5. The standard InChI is InChI=1S/C29H24Cl2FN7O2/c30-19-10-8-18(9-11-19)28-23(17-26-33-36-37-34-26)27(35-39(28)25-7-2-1-6-24(25)31)29(40)38-14-12-21(13-15-38)41-22-5-3-4-20(32)16-22/h1-11,16,21H,12-15,17H2,(H,33,34,36,37). The van der Waals surface area contributed by atoms with Gasteiger partial charge in [0.05, 0.1) is 16.4 Å². The molecular formula is C29H24Cl2FN7O2. The number of ether oxygens (including phenoxy) is 1. The highest BCUT2D eigenvalue weighted by Crippen LogP contribution is 2.34. The fraction of sp³-hybridized carbons (Fsp3) is 0.207. The second-order valence-electron chi connectivity index (χ2n) is 9.62. The third-order valence-electron chi connectivity index (χ3n) is 6.94. The van der Waals surface area contributed by atoms with E-state index in [0.717, 1.165) is 5.56 Å². The predicted molar refractivity (Wildman–Crippen MR) is 152 cm³/mol. The molecule has 0 atom stereocenters. The zero-order chi connectivity index (χ0) is 28.3. The molecule has 0 saturated carbocycles. The third-order valence-corrected chi connectivity index (χ3v) is 7.51. The molecule has 3 heterocycles. The number of carbonyl (C=O) groups is 1. The van der Waals surface area contributed by atoms with Gasteiger partial charge in [0.1, 0.15) is 17.7 Å². The van der Waals surface area contributed by atoms with Gasteiger partial charge in [-0.25, -0.2) is 9.07 Å². The van der Waals surface area contributed by atoms with Gasteiger partial charge in [-0.1, -0.05) is 58.7 Å². The second kappa shape index (κ2) is 11.7. The Balaban J connectivity index is 1.37. The van der Waals surface area contributed by atoms with E-state index in [1.54, 1.807) is 39.9 Å². The summed E-state index contributed by atoms with van der Waals surface area (Å²) in [5, 5.41) is 20.3. The Morgan fingerprint density at radius 2 is 1.80 bits per heavy atom. The topological polar surface area (TPSA) is 102 Å². The van der Waals surface area contributed by atoms with E-state index >= 15 is 0 Å². The van der Waals surface area contributed by atoms with Crippen LogP contribution in [0.1, 0.15) is 34.7 Å². The average Bonchev–Trinajstić information content (AvgIpc) is 3.62. The molecule has 9 nitrogen and oxygen atoms in total. The van der Waals surface area contributed by atoms with E-state index in [2.05, 4.69) is 20.6 Å². The number of hydrogen-bond acceptors (Lipinski definition) is 6. The van der Waals surface area contributed by atoms with Crippen LogP contribution in [0.3, 0.4) is 0 Å². The monoisotopic (exact) mass is 591 g/mol. The van der Waals surface area contributed by atoms with Crippen molar-refractivity contribution >= 4 is 29.1 Å². The first-order valence-electron chi connectivity index (χ1n) is 13.0. The van der Waals surface area contributed by atoms with Gasteiger partial charge in [-0.05, 0) is 36.4 Å². The van der Waals surface area contributed by atoms with E-state index in [1.165, 1.54) is 12.1 Å². The summed E-state index contributed by atoms with van der Waals surface area (Å²) in [4.78, 5) is 15.8. The summed E-state index contributed by atoms with van der Waals surface area (Å²) in [5.74, 6) is 0.307. The molecule has 6 rings (SSSR count). The molecule has 1 N–H and O–H groups in total. The molecule has 0 spiro atoms. The van der Waals surface area contributed by atoms with Crippen molar-refractivity contribution in [1.29, 1.82) is 0 Å². The molecule has 3 aromatic carbocycles. The number of halogens is 3. The summed E-state index contributed by atoms with van der Waals surface area (Å²) in [7, 11) is 0. The van der Waals surface area contributed by atoms with Gasteiger partial charge in [0.15, 0.2) is 11.5 Å². The largest absolute Gasteiger partial charge is 0.490 e. The SMILES string of the molecule is O=C(c1nn(-c2ccccc2Cl)c(-c2ccc(Cl)cc2)c1Cc1nn[nH]n1)N1CCC(Oc2cccc(F)c2)CC1. The van der Waals surface area contributed by atoms with Gasteiger partial charge in [0, 0.05) is 54.6 Å². The van der Waals surface area contributed by atoms with Crippen LogP contribution in [0.15, 0.2) is 72.8 Å². The minimum Gasteiger partial charge on any atom is -0.490 e. The number of tetrazole rings is 1. The first kappa shape index (κ1) is 26.9. The molecule has 1 aliphatic rings. The summed E-state index contributed by atoms with van der Waals surface area (Å²) in [6.45, 7) is 0.908. The van der Waals surface area contributed by atoms with Gasteiger partial charge in [-0.3, -0.25) is 4.79 Å². The van der Waals surface area contributed by atoms with Crippen LogP contribution in [0.2, 0.25) is 10.0 Å². The summed E-state index contributed by atoms with van der Waals surface area (Å²) in [6, 6.07) is 20.7. The Labute approximate surface area is 244 Å². The molecule has 1 aliphatic heterocycles. The van der Waals surface area contributed by atoms with Crippen molar-refractivity contribution < 1.29 is 13.9 Å². The normalized spacial score (nSPS) is 13.9. The number of benzene rings is 3. The predicted octanol–water partition coefficient (Wildman–Crippen LogP) is 5.77. The maximum atomic E-state index is 14.1. The maximum Gasteiger partial charge on any atom is 0.274 e. The van der Waals surface area contributed by atoms with Crippen molar-refractivity contribution in [2.45, 2.75) is 25.4 Å². The van der Waals surface area contributed by atoms with Crippen LogP contribution < -0.4 is 4.74 Å². The number of carbonyl (C=O) groups excluding carboxylic acids is 1. The van der Waals surface area contributed by atoms with Gasteiger partial charge in [0.2, 0.25) is 0 Å². The Morgan fingerprint density at radius 1 is 1.02 bits per heavy atom. The average molecular weight is 592 g/mol.